The summed E-state index contributed by atoms with van der Waals surface area (Å²) in [6.45, 7) is 3.26. The maximum atomic E-state index is 11.5. The highest BCUT2D eigenvalue weighted by Crippen LogP contribution is 2.26. The van der Waals surface area contributed by atoms with Gasteiger partial charge in [-0.25, -0.2) is 0 Å². The Morgan fingerprint density at radius 2 is 2.06 bits per heavy atom. The second-order valence-corrected chi connectivity index (χ2v) is 3.79. The van der Waals surface area contributed by atoms with Crippen LogP contribution in [0.2, 0.25) is 0 Å². The third kappa shape index (κ3) is 2.52. The minimum absolute atomic E-state index is 0.165. The molecule has 0 aliphatic rings. The number of aliphatic hydroxyl groups excluding tert-OH is 1. The third-order valence-electron chi connectivity index (χ3n) is 2.52. The molecule has 0 aromatic heterocycles. The van der Waals surface area contributed by atoms with Crippen LogP contribution in [0.25, 0.3) is 0 Å². The zero-order valence-corrected chi connectivity index (χ0v) is 9.60. The molecule has 0 aliphatic heterocycles. The Hall–Kier alpha value is -1.55. The molecule has 0 aliphatic carbocycles. The third-order valence-corrected chi connectivity index (χ3v) is 2.52. The number of carbonyl (C=O) groups is 1. The lowest BCUT2D eigenvalue weighted by molar-refractivity contribution is -0.144. The van der Waals surface area contributed by atoms with Crippen molar-refractivity contribution in [1.29, 1.82) is 0 Å². The van der Waals surface area contributed by atoms with Gasteiger partial charge in [-0.3, -0.25) is 4.79 Å². The summed E-state index contributed by atoms with van der Waals surface area (Å²) >= 11 is 0. The zero-order chi connectivity index (χ0) is 12.3. The van der Waals surface area contributed by atoms with Gasteiger partial charge >= 0.3 is 5.97 Å². The Bertz CT molecular complexity index is 385. The monoisotopic (exact) mass is 224 g/mol. The first kappa shape index (κ1) is 12.5. The molecule has 0 fully saturated rings. The Morgan fingerprint density at radius 3 is 2.50 bits per heavy atom. The number of aryl methyl sites for hydroxylation is 1. The molecule has 2 N–H and O–H groups in total. The molecule has 0 radical (unpaired) electrons. The number of aromatic hydroxyl groups is 1. The van der Waals surface area contributed by atoms with Crippen LogP contribution in [-0.4, -0.2) is 29.4 Å². The molecule has 2 atom stereocenters. The van der Waals surface area contributed by atoms with Crippen molar-refractivity contribution in [2.75, 3.05) is 7.11 Å². The van der Waals surface area contributed by atoms with Gasteiger partial charge in [0, 0.05) is 0 Å². The van der Waals surface area contributed by atoms with Crippen LogP contribution in [0.4, 0.5) is 0 Å². The SMILES string of the molecule is COC(=O)C(c1ccc(O)c(C)c1)C(C)O. The number of rotatable bonds is 3. The van der Waals surface area contributed by atoms with Crippen molar-refractivity contribution in [3.05, 3.63) is 29.3 Å². The summed E-state index contributed by atoms with van der Waals surface area (Å²) in [7, 11) is 1.28. The minimum atomic E-state index is -0.837. The van der Waals surface area contributed by atoms with Crippen molar-refractivity contribution >= 4 is 5.97 Å². The van der Waals surface area contributed by atoms with E-state index in [4.69, 9.17) is 0 Å². The summed E-state index contributed by atoms with van der Waals surface area (Å²) in [5.41, 5.74) is 1.30. The molecule has 4 nitrogen and oxygen atoms in total. The molecular formula is C12H16O4. The molecule has 2 unspecified atom stereocenters. The topological polar surface area (TPSA) is 66.8 Å². The van der Waals surface area contributed by atoms with Crippen molar-refractivity contribution in [1.82, 2.24) is 0 Å². The second-order valence-electron chi connectivity index (χ2n) is 3.79. The van der Waals surface area contributed by atoms with Gasteiger partial charge in [0.2, 0.25) is 0 Å². The van der Waals surface area contributed by atoms with E-state index in [0.29, 0.717) is 11.1 Å². The van der Waals surface area contributed by atoms with Crippen LogP contribution in [0, 0.1) is 6.92 Å². The predicted molar refractivity (Wildman–Crippen MR) is 59.3 cm³/mol. The van der Waals surface area contributed by atoms with Crippen LogP contribution >= 0.6 is 0 Å². The number of phenolic OH excluding ortho intramolecular Hbond substituents is 1. The highest BCUT2D eigenvalue weighted by molar-refractivity contribution is 5.79. The average molecular weight is 224 g/mol. The number of carbonyl (C=O) groups excluding carboxylic acids is 1. The van der Waals surface area contributed by atoms with Crippen LogP contribution < -0.4 is 0 Å². The first-order chi connectivity index (χ1) is 7.47. The largest absolute Gasteiger partial charge is 0.508 e. The molecule has 4 heteroatoms. The summed E-state index contributed by atoms with van der Waals surface area (Å²) in [5.74, 6) is -1.04. The van der Waals surface area contributed by atoms with Gasteiger partial charge in [-0.2, -0.15) is 0 Å². The standard InChI is InChI=1S/C12H16O4/c1-7-6-9(4-5-10(7)14)11(8(2)13)12(15)16-3/h4-6,8,11,13-14H,1-3H3. The highest BCUT2D eigenvalue weighted by atomic mass is 16.5. The maximum absolute atomic E-state index is 11.5. The van der Waals surface area contributed by atoms with Crippen molar-refractivity contribution in [3.63, 3.8) is 0 Å². The number of hydrogen-bond acceptors (Lipinski definition) is 4. The minimum Gasteiger partial charge on any atom is -0.508 e. The van der Waals surface area contributed by atoms with E-state index in [9.17, 15) is 15.0 Å². The number of phenols is 1. The van der Waals surface area contributed by atoms with Gasteiger partial charge in [0.15, 0.2) is 0 Å². The molecule has 0 amide bonds. The predicted octanol–water partition coefficient (Wildman–Crippen LogP) is 1.34. The van der Waals surface area contributed by atoms with Crippen LogP contribution in [0.1, 0.15) is 24.0 Å². The fourth-order valence-electron chi connectivity index (χ4n) is 1.61. The number of benzene rings is 1. The van der Waals surface area contributed by atoms with Crippen molar-refractivity contribution < 1.29 is 19.7 Å². The Labute approximate surface area is 94.5 Å². The van der Waals surface area contributed by atoms with Gasteiger partial charge in [0.25, 0.3) is 0 Å². The van der Waals surface area contributed by atoms with Gasteiger partial charge in [0.1, 0.15) is 11.7 Å². The summed E-state index contributed by atoms with van der Waals surface area (Å²) in [4.78, 5) is 11.5. The fourth-order valence-corrected chi connectivity index (χ4v) is 1.61. The van der Waals surface area contributed by atoms with Crippen molar-refractivity contribution in [3.8, 4) is 5.75 Å². The molecule has 88 valence electrons. The molecule has 0 bridgehead atoms. The van der Waals surface area contributed by atoms with Gasteiger partial charge in [-0.05, 0) is 31.0 Å². The Morgan fingerprint density at radius 1 is 1.44 bits per heavy atom. The number of esters is 1. The summed E-state index contributed by atoms with van der Waals surface area (Å²) in [6.07, 6.45) is -0.837. The van der Waals surface area contributed by atoms with Crippen molar-refractivity contribution in [2.24, 2.45) is 0 Å². The molecule has 0 heterocycles. The number of ether oxygens (including phenoxy) is 1. The fraction of sp³-hybridized carbons (Fsp3) is 0.417. The van der Waals surface area contributed by atoms with Gasteiger partial charge in [-0.15, -0.1) is 0 Å². The lowest BCUT2D eigenvalue weighted by atomic mass is 9.93. The number of methoxy groups -OCH3 is 1. The van der Waals surface area contributed by atoms with E-state index in [2.05, 4.69) is 4.74 Å². The van der Waals surface area contributed by atoms with Crippen LogP contribution in [-0.2, 0) is 9.53 Å². The van der Waals surface area contributed by atoms with E-state index in [1.807, 2.05) is 0 Å². The summed E-state index contributed by atoms with van der Waals surface area (Å²) < 4.78 is 4.64. The van der Waals surface area contributed by atoms with E-state index in [1.165, 1.54) is 20.1 Å². The number of aliphatic hydroxyl groups is 1. The lowest BCUT2D eigenvalue weighted by Crippen LogP contribution is -2.24. The van der Waals surface area contributed by atoms with Crippen LogP contribution in [0.15, 0.2) is 18.2 Å². The molecule has 0 spiro atoms. The molecular weight excluding hydrogens is 208 g/mol. The van der Waals surface area contributed by atoms with Gasteiger partial charge in [-0.1, -0.05) is 12.1 Å². The lowest BCUT2D eigenvalue weighted by Gasteiger charge is -2.18. The molecule has 16 heavy (non-hydrogen) atoms. The highest BCUT2D eigenvalue weighted by Gasteiger charge is 2.26. The second kappa shape index (κ2) is 4.99. The van der Waals surface area contributed by atoms with Gasteiger partial charge in [0.05, 0.1) is 13.2 Å². The van der Waals surface area contributed by atoms with Gasteiger partial charge < -0.3 is 14.9 Å². The van der Waals surface area contributed by atoms with Crippen LogP contribution in [0.5, 0.6) is 5.75 Å². The van der Waals surface area contributed by atoms with E-state index < -0.39 is 18.0 Å². The number of hydrogen-bond donors (Lipinski definition) is 2. The molecule has 1 rings (SSSR count). The Kier molecular flexibility index (Phi) is 3.90. The first-order valence-electron chi connectivity index (χ1n) is 5.02. The summed E-state index contributed by atoms with van der Waals surface area (Å²) in [5, 5.41) is 18.9. The van der Waals surface area contributed by atoms with E-state index in [-0.39, 0.29) is 5.75 Å². The average Bonchev–Trinajstić information content (AvgIpc) is 2.22. The van der Waals surface area contributed by atoms with E-state index in [0.717, 1.165) is 0 Å². The first-order valence-corrected chi connectivity index (χ1v) is 5.02. The quantitative estimate of drug-likeness (QED) is 0.760. The normalized spacial score (nSPS) is 14.2. The Balaban J connectivity index is 3.11. The maximum Gasteiger partial charge on any atom is 0.315 e. The smallest absolute Gasteiger partial charge is 0.315 e. The van der Waals surface area contributed by atoms with Crippen molar-refractivity contribution in [2.45, 2.75) is 25.9 Å². The zero-order valence-electron chi connectivity index (χ0n) is 9.60. The molecule has 0 saturated carbocycles. The molecule has 1 aromatic rings. The summed E-state index contributed by atoms with van der Waals surface area (Å²) in [6, 6.07) is 4.78. The van der Waals surface area contributed by atoms with E-state index >= 15 is 0 Å². The van der Waals surface area contributed by atoms with E-state index in [1.54, 1.807) is 19.1 Å². The van der Waals surface area contributed by atoms with Crippen LogP contribution in [0.3, 0.4) is 0 Å². The molecule has 0 saturated heterocycles. The molecule has 1 aromatic carbocycles.